The van der Waals surface area contributed by atoms with Crippen LogP contribution < -0.4 is 10.1 Å². The normalized spacial score (nSPS) is 17.9. The molecule has 0 saturated heterocycles. The molecular weight excluding hydrogens is 254 g/mol. The lowest BCUT2D eigenvalue weighted by molar-refractivity contribution is 0.137. The average Bonchev–Trinajstić information content (AvgIpc) is 2.68. The number of nitrogens with one attached hydrogen (secondary N) is 1. The fraction of sp³-hybridized carbons (Fsp3) is 0.625. The van der Waals surface area contributed by atoms with E-state index in [0.29, 0.717) is 0 Å². The molecule has 1 aliphatic heterocycles. The summed E-state index contributed by atoms with van der Waals surface area (Å²) in [4.78, 5) is 0. The highest BCUT2D eigenvalue weighted by Gasteiger charge is 2.31. The Morgan fingerprint density at radius 2 is 2.21 bits per heavy atom. The second-order valence-corrected chi connectivity index (χ2v) is 7.23. The van der Waals surface area contributed by atoms with Crippen LogP contribution in [0.2, 0.25) is 0 Å². The summed E-state index contributed by atoms with van der Waals surface area (Å²) in [5.41, 5.74) is 2.59. The van der Waals surface area contributed by atoms with Crippen molar-refractivity contribution in [1.82, 2.24) is 5.32 Å². The van der Waals surface area contributed by atoms with Crippen molar-refractivity contribution in [2.75, 3.05) is 12.8 Å². The van der Waals surface area contributed by atoms with Gasteiger partial charge in [-0.3, -0.25) is 0 Å². The third-order valence-corrected chi connectivity index (χ3v) is 4.66. The Bertz CT molecular complexity index is 431. The molecule has 0 aliphatic carbocycles. The van der Waals surface area contributed by atoms with Crippen molar-refractivity contribution in [2.45, 2.75) is 51.0 Å². The SMILES string of the molecule is CSC(C)CCNCc1cccc2c1OC(C)(C)C2. The molecule has 3 heteroatoms. The summed E-state index contributed by atoms with van der Waals surface area (Å²) in [5, 5.41) is 4.26. The van der Waals surface area contributed by atoms with Crippen LogP contribution in [0.15, 0.2) is 18.2 Å². The predicted octanol–water partition coefficient (Wildman–Crippen LogP) is 3.63. The quantitative estimate of drug-likeness (QED) is 0.803. The van der Waals surface area contributed by atoms with Gasteiger partial charge in [0.25, 0.3) is 0 Å². The predicted molar refractivity (Wildman–Crippen MR) is 84.2 cm³/mol. The van der Waals surface area contributed by atoms with Gasteiger partial charge in [0.15, 0.2) is 0 Å². The molecule has 2 nitrogen and oxygen atoms in total. The van der Waals surface area contributed by atoms with Gasteiger partial charge in [0.05, 0.1) is 0 Å². The maximum absolute atomic E-state index is 6.08. The van der Waals surface area contributed by atoms with Gasteiger partial charge in [-0.15, -0.1) is 0 Å². The van der Waals surface area contributed by atoms with E-state index in [1.807, 2.05) is 11.8 Å². The number of ether oxygens (including phenoxy) is 1. The highest BCUT2D eigenvalue weighted by molar-refractivity contribution is 7.99. The van der Waals surface area contributed by atoms with Crippen molar-refractivity contribution in [1.29, 1.82) is 0 Å². The van der Waals surface area contributed by atoms with Crippen LogP contribution in [-0.4, -0.2) is 23.7 Å². The lowest BCUT2D eigenvalue weighted by Gasteiger charge is -2.18. The first-order valence-electron chi connectivity index (χ1n) is 7.05. The highest BCUT2D eigenvalue weighted by Crippen LogP contribution is 2.37. The van der Waals surface area contributed by atoms with Gasteiger partial charge in [-0.1, -0.05) is 25.1 Å². The zero-order valence-electron chi connectivity index (χ0n) is 12.5. The maximum Gasteiger partial charge on any atom is 0.127 e. The van der Waals surface area contributed by atoms with E-state index in [1.165, 1.54) is 17.5 Å². The van der Waals surface area contributed by atoms with Crippen LogP contribution in [-0.2, 0) is 13.0 Å². The highest BCUT2D eigenvalue weighted by atomic mass is 32.2. The second kappa shape index (κ2) is 6.19. The topological polar surface area (TPSA) is 21.3 Å². The van der Waals surface area contributed by atoms with E-state index in [-0.39, 0.29) is 5.60 Å². The Kier molecular flexibility index (Phi) is 4.80. The zero-order valence-corrected chi connectivity index (χ0v) is 13.3. The van der Waals surface area contributed by atoms with Crippen LogP contribution in [0.1, 0.15) is 38.3 Å². The van der Waals surface area contributed by atoms with Crippen molar-refractivity contribution >= 4 is 11.8 Å². The summed E-state index contributed by atoms with van der Waals surface area (Å²) in [7, 11) is 0. The van der Waals surface area contributed by atoms with Crippen LogP contribution in [0, 0.1) is 0 Å². The first-order valence-corrected chi connectivity index (χ1v) is 8.34. The molecule has 1 aromatic carbocycles. The zero-order chi connectivity index (χ0) is 13.9. The van der Waals surface area contributed by atoms with Gasteiger partial charge in [0, 0.05) is 23.8 Å². The van der Waals surface area contributed by atoms with Crippen molar-refractivity contribution in [2.24, 2.45) is 0 Å². The summed E-state index contributed by atoms with van der Waals surface area (Å²) >= 11 is 1.93. The summed E-state index contributed by atoms with van der Waals surface area (Å²) in [6.07, 6.45) is 4.40. The number of benzene rings is 1. The molecule has 106 valence electrons. The molecule has 19 heavy (non-hydrogen) atoms. The summed E-state index contributed by atoms with van der Waals surface area (Å²) < 4.78 is 6.08. The molecule has 2 rings (SSSR count). The molecule has 1 unspecified atom stereocenters. The molecule has 0 radical (unpaired) electrons. The number of para-hydroxylation sites is 1. The summed E-state index contributed by atoms with van der Waals surface area (Å²) in [6, 6.07) is 6.50. The molecule has 0 fully saturated rings. The summed E-state index contributed by atoms with van der Waals surface area (Å²) in [5.74, 6) is 1.11. The van der Waals surface area contributed by atoms with E-state index in [0.717, 1.165) is 30.5 Å². The van der Waals surface area contributed by atoms with Crippen LogP contribution in [0.25, 0.3) is 0 Å². The molecule has 0 saturated carbocycles. The van der Waals surface area contributed by atoms with Gasteiger partial charge in [-0.05, 0) is 38.6 Å². The number of hydrogen-bond donors (Lipinski definition) is 1. The first kappa shape index (κ1) is 14.7. The van der Waals surface area contributed by atoms with E-state index in [9.17, 15) is 0 Å². The molecule has 0 amide bonds. The van der Waals surface area contributed by atoms with Gasteiger partial charge in [-0.2, -0.15) is 11.8 Å². The van der Waals surface area contributed by atoms with E-state index in [2.05, 4.69) is 50.5 Å². The van der Waals surface area contributed by atoms with E-state index < -0.39 is 0 Å². The van der Waals surface area contributed by atoms with Gasteiger partial charge in [0.2, 0.25) is 0 Å². The monoisotopic (exact) mass is 279 g/mol. The van der Waals surface area contributed by atoms with E-state index >= 15 is 0 Å². The molecular formula is C16H25NOS. The van der Waals surface area contributed by atoms with Gasteiger partial charge < -0.3 is 10.1 Å². The summed E-state index contributed by atoms with van der Waals surface area (Å²) in [6.45, 7) is 8.56. The Morgan fingerprint density at radius 3 is 2.95 bits per heavy atom. The lowest BCUT2D eigenvalue weighted by atomic mass is 10.0. The number of rotatable bonds is 6. The van der Waals surface area contributed by atoms with Gasteiger partial charge in [0.1, 0.15) is 11.4 Å². The number of hydrogen-bond acceptors (Lipinski definition) is 3. The van der Waals surface area contributed by atoms with Crippen LogP contribution in [0.5, 0.6) is 5.75 Å². The van der Waals surface area contributed by atoms with Crippen molar-refractivity contribution in [3.63, 3.8) is 0 Å². The molecule has 1 heterocycles. The minimum Gasteiger partial charge on any atom is -0.487 e. The molecule has 1 N–H and O–H groups in total. The molecule has 1 aromatic rings. The lowest BCUT2D eigenvalue weighted by Crippen LogP contribution is -2.25. The largest absolute Gasteiger partial charge is 0.487 e. The fourth-order valence-electron chi connectivity index (χ4n) is 2.46. The van der Waals surface area contributed by atoms with Crippen LogP contribution >= 0.6 is 11.8 Å². The average molecular weight is 279 g/mol. The number of thioether (sulfide) groups is 1. The smallest absolute Gasteiger partial charge is 0.127 e. The Balaban J connectivity index is 1.91. The van der Waals surface area contributed by atoms with Crippen LogP contribution in [0.4, 0.5) is 0 Å². The van der Waals surface area contributed by atoms with Gasteiger partial charge in [-0.25, -0.2) is 0 Å². The van der Waals surface area contributed by atoms with Gasteiger partial charge >= 0.3 is 0 Å². The Hall–Kier alpha value is -0.670. The molecule has 1 atom stereocenters. The number of fused-ring (bicyclic) bond motifs is 1. The van der Waals surface area contributed by atoms with E-state index in [1.54, 1.807) is 0 Å². The maximum atomic E-state index is 6.08. The minimum atomic E-state index is -0.0498. The second-order valence-electron chi connectivity index (χ2n) is 5.96. The third kappa shape index (κ3) is 3.90. The molecule has 0 bridgehead atoms. The van der Waals surface area contributed by atoms with Crippen molar-refractivity contribution in [3.05, 3.63) is 29.3 Å². The Labute approximate surface area is 121 Å². The fourth-order valence-corrected chi connectivity index (χ4v) is 2.82. The molecule has 0 spiro atoms. The minimum absolute atomic E-state index is 0.0498. The van der Waals surface area contributed by atoms with Crippen molar-refractivity contribution in [3.8, 4) is 5.75 Å². The van der Waals surface area contributed by atoms with E-state index in [4.69, 9.17) is 4.74 Å². The van der Waals surface area contributed by atoms with Crippen LogP contribution in [0.3, 0.4) is 0 Å². The molecule has 0 aromatic heterocycles. The molecule has 1 aliphatic rings. The third-order valence-electron chi connectivity index (χ3n) is 3.62. The first-order chi connectivity index (χ1) is 9.02. The standard InChI is InChI=1S/C16H25NOS/c1-12(19-4)8-9-17-11-14-7-5-6-13-10-16(2,3)18-15(13)14/h5-7,12,17H,8-11H2,1-4H3. The van der Waals surface area contributed by atoms with Crippen molar-refractivity contribution < 1.29 is 4.74 Å². The Morgan fingerprint density at radius 1 is 1.42 bits per heavy atom.